The van der Waals surface area contributed by atoms with Crippen LogP contribution in [0, 0.1) is 16.7 Å². The van der Waals surface area contributed by atoms with Crippen molar-refractivity contribution in [3.63, 3.8) is 0 Å². The molecule has 0 aliphatic heterocycles. The Bertz CT molecular complexity index is 429. The van der Waals surface area contributed by atoms with Crippen molar-refractivity contribution in [1.82, 2.24) is 0 Å². The SMILES string of the molecule is CC(C)(C#N)CCCS(=O)(=O)C(C)(C)C(=O)O. The number of hydrogen-bond donors (Lipinski definition) is 1. The fraction of sp³-hybridized carbons (Fsp3) is 0.818. The molecule has 0 spiro atoms. The van der Waals surface area contributed by atoms with Crippen LogP contribution in [0.25, 0.3) is 0 Å². The lowest BCUT2D eigenvalue weighted by Crippen LogP contribution is -2.42. The Balaban J connectivity index is 4.62. The molecule has 1 N–H and O–H groups in total. The predicted molar refractivity (Wildman–Crippen MR) is 64.1 cm³/mol. The second-order valence-corrected chi connectivity index (χ2v) is 7.89. The highest BCUT2D eigenvalue weighted by Gasteiger charge is 2.41. The van der Waals surface area contributed by atoms with Crippen LogP contribution in [0.2, 0.25) is 0 Å². The molecule has 0 aromatic heterocycles. The summed E-state index contributed by atoms with van der Waals surface area (Å²) in [5.41, 5.74) is -0.580. The van der Waals surface area contributed by atoms with Gasteiger partial charge in [-0.3, -0.25) is 4.79 Å². The molecule has 0 bridgehead atoms. The Morgan fingerprint density at radius 3 is 2.12 bits per heavy atom. The molecule has 0 aliphatic rings. The number of nitrogens with zero attached hydrogens (tertiary/aromatic N) is 1. The summed E-state index contributed by atoms with van der Waals surface area (Å²) in [7, 11) is -3.70. The van der Waals surface area contributed by atoms with E-state index < -0.39 is 26.0 Å². The van der Waals surface area contributed by atoms with Crippen molar-refractivity contribution < 1.29 is 18.3 Å². The average molecular weight is 261 g/mol. The Morgan fingerprint density at radius 2 is 1.76 bits per heavy atom. The summed E-state index contributed by atoms with van der Waals surface area (Å²) in [6.07, 6.45) is 0.720. The van der Waals surface area contributed by atoms with E-state index in [0.717, 1.165) is 0 Å². The van der Waals surface area contributed by atoms with Gasteiger partial charge in [0.2, 0.25) is 0 Å². The molecule has 6 heteroatoms. The highest BCUT2D eigenvalue weighted by atomic mass is 32.2. The summed E-state index contributed by atoms with van der Waals surface area (Å²) in [4.78, 5) is 10.9. The third-order valence-corrected chi connectivity index (χ3v) is 5.37. The fourth-order valence-electron chi connectivity index (χ4n) is 1.15. The summed E-state index contributed by atoms with van der Waals surface area (Å²) in [6, 6.07) is 2.08. The van der Waals surface area contributed by atoms with Crippen LogP contribution in [0.1, 0.15) is 40.5 Å². The zero-order valence-corrected chi connectivity index (χ0v) is 11.5. The van der Waals surface area contributed by atoms with Gasteiger partial charge in [0.25, 0.3) is 0 Å². The van der Waals surface area contributed by atoms with Crippen molar-refractivity contribution in [3.05, 3.63) is 0 Å². The highest BCUT2D eigenvalue weighted by molar-refractivity contribution is 7.93. The lowest BCUT2D eigenvalue weighted by atomic mass is 9.90. The molecule has 0 heterocycles. The number of sulfone groups is 1. The van der Waals surface area contributed by atoms with Crippen molar-refractivity contribution in [1.29, 1.82) is 5.26 Å². The largest absolute Gasteiger partial charge is 0.480 e. The first kappa shape index (κ1) is 15.9. The van der Waals surface area contributed by atoms with Gasteiger partial charge >= 0.3 is 5.97 Å². The molecular formula is C11H19NO4S. The standard InChI is InChI=1S/C11H19NO4S/c1-10(2,8-12)6-5-7-17(15,16)11(3,4)9(13)14/h5-7H2,1-4H3,(H,13,14). The maximum atomic E-state index is 11.8. The Labute approximate surface area is 102 Å². The van der Waals surface area contributed by atoms with Crippen LogP contribution in [0.15, 0.2) is 0 Å². The number of carboxylic acids is 1. The minimum atomic E-state index is -3.70. The molecule has 17 heavy (non-hydrogen) atoms. The van der Waals surface area contributed by atoms with E-state index in [-0.39, 0.29) is 5.75 Å². The molecule has 0 saturated heterocycles. The van der Waals surface area contributed by atoms with Gasteiger partial charge in [-0.15, -0.1) is 0 Å². The van der Waals surface area contributed by atoms with Gasteiger partial charge in [0.15, 0.2) is 14.6 Å². The second kappa shape index (κ2) is 5.05. The highest BCUT2D eigenvalue weighted by Crippen LogP contribution is 2.24. The van der Waals surface area contributed by atoms with Crippen molar-refractivity contribution in [2.24, 2.45) is 5.41 Å². The molecule has 5 nitrogen and oxygen atoms in total. The first-order valence-corrected chi connectivity index (χ1v) is 6.98. The second-order valence-electron chi connectivity index (χ2n) is 5.23. The molecule has 0 atom stereocenters. The third kappa shape index (κ3) is 4.00. The molecule has 98 valence electrons. The van der Waals surface area contributed by atoms with Crippen LogP contribution in [-0.2, 0) is 14.6 Å². The monoisotopic (exact) mass is 261 g/mol. The molecule has 0 radical (unpaired) electrons. The van der Waals surface area contributed by atoms with Crippen molar-refractivity contribution in [2.75, 3.05) is 5.75 Å². The summed E-state index contributed by atoms with van der Waals surface area (Å²) < 4.78 is 21.8. The first-order chi connectivity index (χ1) is 7.46. The van der Waals surface area contributed by atoms with E-state index >= 15 is 0 Å². The molecule has 0 unspecified atom stereocenters. The van der Waals surface area contributed by atoms with Crippen LogP contribution >= 0.6 is 0 Å². The molecular weight excluding hydrogens is 242 g/mol. The zero-order valence-electron chi connectivity index (χ0n) is 10.6. The number of hydrogen-bond acceptors (Lipinski definition) is 4. The van der Waals surface area contributed by atoms with E-state index in [1.54, 1.807) is 13.8 Å². The molecule has 0 saturated carbocycles. The van der Waals surface area contributed by atoms with Crippen LogP contribution in [0.3, 0.4) is 0 Å². The molecule has 0 rings (SSSR count). The number of aliphatic carboxylic acids is 1. The Kier molecular flexibility index (Phi) is 4.72. The van der Waals surface area contributed by atoms with E-state index in [2.05, 4.69) is 6.07 Å². The van der Waals surface area contributed by atoms with Gasteiger partial charge in [-0.25, -0.2) is 8.42 Å². The van der Waals surface area contributed by atoms with Gasteiger partial charge in [-0.2, -0.15) is 5.26 Å². The minimum Gasteiger partial charge on any atom is -0.480 e. The number of carbonyl (C=O) groups is 1. The van der Waals surface area contributed by atoms with Gasteiger partial charge < -0.3 is 5.11 Å². The van der Waals surface area contributed by atoms with Gasteiger partial charge in [0, 0.05) is 0 Å². The Hall–Kier alpha value is -1.09. The smallest absolute Gasteiger partial charge is 0.324 e. The van der Waals surface area contributed by atoms with Crippen LogP contribution in [-0.4, -0.2) is 30.0 Å². The lowest BCUT2D eigenvalue weighted by Gasteiger charge is -2.21. The quantitative estimate of drug-likeness (QED) is 0.783. The van der Waals surface area contributed by atoms with Crippen LogP contribution < -0.4 is 0 Å². The maximum Gasteiger partial charge on any atom is 0.324 e. The predicted octanol–water partition coefficient (Wildman–Crippen LogP) is 1.59. The van der Waals surface area contributed by atoms with Crippen molar-refractivity contribution in [3.8, 4) is 6.07 Å². The molecule has 0 aliphatic carbocycles. The van der Waals surface area contributed by atoms with Gasteiger partial charge in [-0.05, 0) is 40.5 Å². The molecule has 0 aromatic rings. The van der Waals surface area contributed by atoms with E-state index in [0.29, 0.717) is 12.8 Å². The topological polar surface area (TPSA) is 95.2 Å². The zero-order chi connectivity index (χ0) is 13.9. The number of nitriles is 1. The van der Waals surface area contributed by atoms with Crippen LogP contribution in [0.4, 0.5) is 0 Å². The van der Waals surface area contributed by atoms with Gasteiger partial charge in [-0.1, -0.05) is 0 Å². The van der Waals surface area contributed by atoms with Crippen molar-refractivity contribution >= 4 is 15.8 Å². The average Bonchev–Trinajstić information content (AvgIpc) is 2.16. The summed E-state index contributed by atoms with van der Waals surface area (Å²) in [6.45, 7) is 5.81. The Morgan fingerprint density at radius 1 is 1.29 bits per heavy atom. The summed E-state index contributed by atoms with van der Waals surface area (Å²) in [5, 5.41) is 17.6. The van der Waals surface area contributed by atoms with E-state index in [4.69, 9.17) is 10.4 Å². The minimum absolute atomic E-state index is 0.211. The van der Waals surface area contributed by atoms with Crippen LogP contribution in [0.5, 0.6) is 0 Å². The molecule has 0 aromatic carbocycles. The summed E-state index contributed by atoms with van der Waals surface area (Å²) in [5.74, 6) is -1.56. The van der Waals surface area contributed by atoms with Crippen molar-refractivity contribution in [2.45, 2.75) is 45.3 Å². The maximum absolute atomic E-state index is 11.8. The number of carboxylic acid groups (broad SMARTS) is 1. The van der Waals surface area contributed by atoms with Gasteiger partial charge in [0.05, 0.1) is 17.2 Å². The summed E-state index contributed by atoms with van der Waals surface area (Å²) >= 11 is 0. The van der Waals surface area contributed by atoms with Gasteiger partial charge in [0.1, 0.15) is 0 Å². The lowest BCUT2D eigenvalue weighted by molar-refractivity contribution is -0.139. The third-order valence-electron chi connectivity index (χ3n) is 2.81. The van der Waals surface area contributed by atoms with E-state index in [1.807, 2.05) is 0 Å². The normalized spacial score (nSPS) is 13.1. The fourth-order valence-corrected chi connectivity index (χ4v) is 2.45. The molecule has 0 amide bonds. The van der Waals surface area contributed by atoms with E-state index in [1.165, 1.54) is 13.8 Å². The molecule has 0 fully saturated rings. The van der Waals surface area contributed by atoms with E-state index in [9.17, 15) is 13.2 Å². The number of rotatable bonds is 6. The first-order valence-electron chi connectivity index (χ1n) is 5.33.